The zero-order valence-electron chi connectivity index (χ0n) is 10.8. The van der Waals surface area contributed by atoms with Crippen molar-refractivity contribution in [2.45, 2.75) is 46.1 Å². The van der Waals surface area contributed by atoms with Gasteiger partial charge < -0.3 is 15.7 Å². The summed E-state index contributed by atoms with van der Waals surface area (Å²) in [4.78, 5) is 13.8. The fourth-order valence-electron chi connectivity index (χ4n) is 1.67. The van der Waals surface area contributed by atoms with Crippen LogP contribution < -0.4 is 5.73 Å². The fraction of sp³-hybridized carbons (Fsp3) is 0.917. The van der Waals surface area contributed by atoms with Crippen molar-refractivity contribution in [2.24, 2.45) is 11.7 Å². The predicted octanol–water partition coefficient (Wildman–Crippen LogP) is 0.981. The van der Waals surface area contributed by atoms with Gasteiger partial charge in [0.2, 0.25) is 5.91 Å². The summed E-state index contributed by atoms with van der Waals surface area (Å²) in [5.74, 6) is 0.434. The van der Waals surface area contributed by atoms with E-state index in [1.807, 2.05) is 18.7 Å². The van der Waals surface area contributed by atoms with Gasteiger partial charge in [0.25, 0.3) is 0 Å². The Labute approximate surface area is 98.8 Å². The summed E-state index contributed by atoms with van der Waals surface area (Å²) < 4.78 is 0. The Kier molecular flexibility index (Phi) is 8.21. The topological polar surface area (TPSA) is 66.6 Å². The lowest BCUT2D eigenvalue weighted by Crippen LogP contribution is -2.39. The third-order valence-corrected chi connectivity index (χ3v) is 2.87. The lowest BCUT2D eigenvalue weighted by Gasteiger charge is -2.28. The molecule has 0 aliphatic carbocycles. The predicted molar refractivity (Wildman–Crippen MR) is 66.0 cm³/mol. The quantitative estimate of drug-likeness (QED) is 0.653. The van der Waals surface area contributed by atoms with Crippen LogP contribution in [0.4, 0.5) is 0 Å². The van der Waals surface area contributed by atoms with Crippen LogP contribution in [-0.2, 0) is 4.79 Å². The number of hydrogen-bond donors (Lipinski definition) is 2. The van der Waals surface area contributed by atoms with Crippen LogP contribution in [0.2, 0.25) is 0 Å². The van der Waals surface area contributed by atoms with Gasteiger partial charge >= 0.3 is 0 Å². The Balaban J connectivity index is 4.26. The zero-order valence-corrected chi connectivity index (χ0v) is 10.8. The number of carbonyl (C=O) groups excluding carboxylic acids is 1. The van der Waals surface area contributed by atoms with Crippen molar-refractivity contribution in [3.05, 3.63) is 0 Å². The Morgan fingerprint density at radius 3 is 2.44 bits per heavy atom. The first-order valence-corrected chi connectivity index (χ1v) is 6.17. The molecule has 0 aliphatic rings. The average molecular weight is 230 g/mol. The van der Waals surface area contributed by atoms with Crippen LogP contribution in [0.25, 0.3) is 0 Å². The third-order valence-electron chi connectivity index (χ3n) is 2.87. The summed E-state index contributed by atoms with van der Waals surface area (Å²) in [6.07, 6.45) is 2.11. The Morgan fingerprint density at radius 1 is 1.44 bits per heavy atom. The van der Waals surface area contributed by atoms with E-state index >= 15 is 0 Å². The van der Waals surface area contributed by atoms with Crippen molar-refractivity contribution in [1.82, 2.24) is 4.90 Å². The van der Waals surface area contributed by atoms with Crippen molar-refractivity contribution in [3.8, 4) is 0 Å². The molecule has 0 aromatic heterocycles. The van der Waals surface area contributed by atoms with Crippen LogP contribution in [0, 0.1) is 5.92 Å². The second kappa shape index (κ2) is 8.53. The number of carbonyl (C=O) groups is 1. The number of hydrogen-bond acceptors (Lipinski definition) is 3. The van der Waals surface area contributed by atoms with E-state index in [-0.39, 0.29) is 24.5 Å². The molecular formula is C12H26N2O2. The van der Waals surface area contributed by atoms with E-state index in [1.165, 1.54) is 0 Å². The van der Waals surface area contributed by atoms with Crippen LogP contribution >= 0.6 is 0 Å². The van der Waals surface area contributed by atoms with Gasteiger partial charge in [-0.1, -0.05) is 13.3 Å². The minimum absolute atomic E-state index is 0.130. The smallest absolute Gasteiger partial charge is 0.223 e. The Morgan fingerprint density at radius 2 is 2.06 bits per heavy atom. The molecule has 0 saturated heterocycles. The Hall–Kier alpha value is -0.610. The number of nitrogens with two attached hydrogens (primary N) is 1. The van der Waals surface area contributed by atoms with E-state index in [2.05, 4.69) is 6.92 Å². The molecule has 0 saturated carbocycles. The molecule has 1 amide bonds. The molecule has 0 spiro atoms. The normalized spacial score (nSPS) is 12.9. The highest BCUT2D eigenvalue weighted by Gasteiger charge is 2.19. The van der Waals surface area contributed by atoms with Crippen molar-refractivity contribution in [1.29, 1.82) is 0 Å². The Bertz CT molecular complexity index is 191. The maximum absolute atomic E-state index is 12.0. The van der Waals surface area contributed by atoms with Gasteiger partial charge in [-0.25, -0.2) is 0 Å². The van der Waals surface area contributed by atoms with Crippen LogP contribution in [-0.4, -0.2) is 41.7 Å². The molecule has 16 heavy (non-hydrogen) atoms. The van der Waals surface area contributed by atoms with Gasteiger partial charge in [0, 0.05) is 25.6 Å². The molecule has 0 bridgehead atoms. The summed E-state index contributed by atoms with van der Waals surface area (Å²) in [6.45, 7) is 7.38. The lowest BCUT2D eigenvalue weighted by atomic mass is 10.0. The van der Waals surface area contributed by atoms with Crippen molar-refractivity contribution < 1.29 is 9.90 Å². The molecule has 0 aromatic rings. The first-order chi connectivity index (χ1) is 7.56. The summed E-state index contributed by atoms with van der Waals surface area (Å²) in [7, 11) is 0. The SMILES string of the molecule is CCC(CN)CC(=O)N(CCCO)C(C)C. The fourth-order valence-corrected chi connectivity index (χ4v) is 1.67. The average Bonchev–Trinajstić information content (AvgIpc) is 2.25. The monoisotopic (exact) mass is 230 g/mol. The van der Waals surface area contributed by atoms with Gasteiger partial charge in [-0.05, 0) is 32.7 Å². The molecule has 4 heteroatoms. The van der Waals surface area contributed by atoms with E-state index in [9.17, 15) is 4.79 Å². The molecule has 1 atom stereocenters. The maximum Gasteiger partial charge on any atom is 0.223 e. The van der Waals surface area contributed by atoms with Gasteiger partial charge in [-0.3, -0.25) is 4.79 Å². The molecular weight excluding hydrogens is 204 g/mol. The number of amides is 1. The summed E-state index contributed by atoms with van der Waals surface area (Å²) in [5.41, 5.74) is 5.60. The lowest BCUT2D eigenvalue weighted by molar-refractivity contribution is -0.134. The highest BCUT2D eigenvalue weighted by atomic mass is 16.3. The van der Waals surface area contributed by atoms with Gasteiger partial charge in [0.15, 0.2) is 0 Å². The zero-order chi connectivity index (χ0) is 12.6. The highest BCUT2D eigenvalue weighted by Crippen LogP contribution is 2.11. The number of aliphatic hydroxyl groups is 1. The standard InChI is InChI=1S/C12H26N2O2/c1-4-11(9-13)8-12(16)14(10(2)3)6-5-7-15/h10-11,15H,4-9,13H2,1-3H3. The molecule has 1 unspecified atom stereocenters. The summed E-state index contributed by atoms with van der Waals surface area (Å²) >= 11 is 0. The molecule has 0 rings (SSSR count). The number of nitrogens with zero attached hydrogens (tertiary/aromatic N) is 1. The summed E-state index contributed by atoms with van der Waals surface area (Å²) in [6, 6.07) is 0.189. The first-order valence-electron chi connectivity index (χ1n) is 6.17. The first kappa shape index (κ1) is 15.4. The van der Waals surface area contributed by atoms with Crippen molar-refractivity contribution in [2.75, 3.05) is 19.7 Å². The molecule has 96 valence electrons. The molecule has 0 radical (unpaired) electrons. The van der Waals surface area contributed by atoms with Crippen LogP contribution in [0.15, 0.2) is 0 Å². The van der Waals surface area contributed by atoms with E-state index in [0.717, 1.165) is 6.42 Å². The largest absolute Gasteiger partial charge is 0.396 e. The molecule has 4 nitrogen and oxygen atoms in total. The van der Waals surface area contributed by atoms with Crippen LogP contribution in [0.1, 0.15) is 40.0 Å². The second-order valence-corrected chi connectivity index (χ2v) is 4.47. The molecule has 0 heterocycles. The maximum atomic E-state index is 12.0. The van der Waals surface area contributed by atoms with E-state index in [1.54, 1.807) is 0 Å². The molecule has 0 aliphatic heterocycles. The highest BCUT2D eigenvalue weighted by molar-refractivity contribution is 5.76. The number of rotatable bonds is 8. The van der Waals surface area contributed by atoms with E-state index in [4.69, 9.17) is 10.8 Å². The van der Waals surface area contributed by atoms with E-state index < -0.39 is 0 Å². The minimum Gasteiger partial charge on any atom is -0.396 e. The van der Waals surface area contributed by atoms with Gasteiger partial charge in [-0.2, -0.15) is 0 Å². The van der Waals surface area contributed by atoms with Crippen molar-refractivity contribution in [3.63, 3.8) is 0 Å². The van der Waals surface area contributed by atoms with Crippen LogP contribution in [0.5, 0.6) is 0 Å². The molecule has 3 N–H and O–H groups in total. The van der Waals surface area contributed by atoms with Gasteiger partial charge in [-0.15, -0.1) is 0 Å². The molecule has 0 fully saturated rings. The number of aliphatic hydroxyl groups excluding tert-OH is 1. The van der Waals surface area contributed by atoms with Gasteiger partial charge in [0.05, 0.1) is 0 Å². The third kappa shape index (κ3) is 5.47. The van der Waals surface area contributed by atoms with Crippen molar-refractivity contribution >= 4 is 5.91 Å². The van der Waals surface area contributed by atoms with Gasteiger partial charge in [0.1, 0.15) is 0 Å². The van der Waals surface area contributed by atoms with E-state index in [0.29, 0.717) is 25.9 Å². The second-order valence-electron chi connectivity index (χ2n) is 4.47. The summed E-state index contributed by atoms with van der Waals surface area (Å²) in [5, 5.41) is 8.79. The van der Waals surface area contributed by atoms with Crippen LogP contribution in [0.3, 0.4) is 0 Å². The molecule has 0 aromatic carbocycles. The minimum atomic E-state index is 0.130.